The average molecular weight is 331 g/mol. The molecule has 1 aliphatic heterocycles. The van der Waals surface area contributed by atoms with Crippen LogP contribution < -0.4 is 15.4 Å². The minimum atomic E-state index is -0.527. The van der Waals surface area contributed by atoms with E-state index < -0.39 is 5.92 Å². The number of ether oxygens (including phenoxy) is 1. The molecule has 0 aliphatic carbocycles. The second-order valence-electron chi connectivity index (χ2n) is 5.23. The lowest BCUT2D eigenvalue weighted by Crippen LogP contribution is -2.30. The third-order valence-corrected chi connectivity index (χ3v) is 4.03. The molecule has 0 aromatic heterocycles. The number of benzene rings is 2. The van der Waals surface area contributed by atoms with Gasteiger partial charge in [-0.05, 0) is 29.8 Å². The van der Waals surface area contributed by atoms with E-state index in [9.17, 15) is 9.59 Å². The number of carbonyl (C=O) groups excluding carboxylic acids is 2. The van der Waals surface area contributed by atoms with Gasteiger partial charge in [0, 0.05) is 17.8 Å². The van der Waals surface area contributed by atoms with Crippen molar-refractivity contribution >= 4 is 34.8 Å². The number of hydrogen-bond donors (Lipinski definition) is 2. The van der Waals surface area contributed by atoms with Gasteiger partial charge in [-0.1, -0.05) is 29.8 Å². The molecule has 2 amide bonds. The monoisotopic (exact) mass is 330 g/mol. The normalized spacial score (nSPS) is 16.3. The van der Waals surface area contributed by atoms with Gasteiger partial charge in [0.05, 0.1) is 18.1 Å². The fourth-order valence-electron chi connectivity index (χ4n) is 2.62. The average Bonchev–Trinajstić information content (AvgIpc) is 2.54. The molecule has 0 spiro atoms. The van der Waals surface area contributed by atoms with Crippen LogP contribution in [0.25, 0.3) is 0 Å². The summed E-state index contributed by atoms with van der Waals surface area (Å²) in [5.74, 6) is -0.405. The van der Waals surface area contributed by atoms with Crippen LogP contribution in [0.15, 0.2) is 42.5 Å². The number of methoxy groups -OCH3 is 1. The number of hydrogen-bond acceptors (Lipinski definition) is 3. The molecule has 1 aliphatic rings. The molecule has 23 heavy (non-hydrogen) atoms. The number of para-hydroxylation sites is 1. The van der Waals surface area contributed by atoms with Gasteiger partial charge in [-0.15, -0.1) is 0 Å². The molecule has 1 unspecified atom stereocenters. The second kappa shape index (κ2) is 6.30. The van der Waals surface area contributed by atoms with Crippen LogP contribution >= 0.6 is 11.6 Å². The van der Waals surface area contributed by atoms with Gasteiger partial charge < -0.3 is 15.4 Å². The van der Waals surface area contributed by atoms with Crippen LogP contribution in [0, 0.1) is 0 Å². The smallest absolute Gasteiger partial charge is 0.232 e. The molecule has 0 fully saturated rings. The lowest BCUT2D eigenvalue weighted by molar-refractivity contribution is -0.123. The van der Waals surface area contributed by atoms with Crippen molar-refractivity contribution in [1.82, 2.24) is 0 Å². The topological polar surface area (TPSA) is 67.4 Å². The van der Waals surface area contributed by atoms with Crippen molar-refractivity contribution in [2.24, 2.45) is 0 Å². The molecule has 0 saturated heterocycles. The van der Waals surface area contributed by atoms with Crippen LogP contribution in [0.2, 0.25) is 5.02 Å². The molecule has 3 rings (SSSR count). The van der Waals surface area contributed by atoms with Crippen LogP contribution in [-0.4, -0.2) is 18.9 Å². The predicted molar refractivity (Wildman–Crippen MR) is 89.1 cm³/mol. The highest BCUT2D eigenvalue weighted by molar-refractivity contribution is 6.32. The maximum Gasteiger partial charge on any atom is 0.232 e. The van der Waals surface area contributed by atoms with Gasteiger partial charge in [0.25, 0.3) is 0 Å². The summed E-state index contributed by atoms with van der Waals surface area (Å²) < 4.78 is 5.08. The lowest BCUT2D eigenvalue weighted by atomic mass is 9.90. The third-order valence-electron chi connectivity index (χ3n) is 3.74. The first kappa shape index (κ1) is 15.4. The second-order valence-corrected chi connectivity index (χ2v) is 5.64. The van der Waals surface area contributed by atoms with Gasteiger partial charge in [-0.25, -0.2) is 0 Å². The highest BCUT2D eigenvalue weighted by atomic mass is 35.5. The standard InChI is InChI=1S/C17H15ClN2O3/c1-23-15-7-6-10(8-13(15)18)19-17(22)12-9-16(21)20-14-5-3-2-4-11(12)14/h2-8,12H,9H2,1H3,(H,19,22)(H,20,21). The van der Waals surface area contributed by atoms with Gasteiger partial charge in [0.2, 0.25) is 11.8 Å². The minimum absolute atomic E-state index is 0.118. The van der Waals surface area contributed by atoms with Gasteiger partial charge >= 0.3 is 0 Å². The third kappa shape index (κ3) is 3.14. The zero-order chi connectivity index (χ0) is 16.4. The molecule has 5 nitrogen and oxygen atoms in total. The van der Waals surface area contributed by atoms with E-state index in [1.807, 2.05) is 18.2 Å². The van der Waals surface area contributed by atoms with Crippen LogP contribution in [0.3, 0.4) is 0 Å². The fraction of sp³-hybridized carbons (Fsp3) is 0.176. The Morgan fingerprint density at radius 3 is 2.83 bits per heavy atom. The van der Waals surface area contributed by atoms with Crippen LogP contribution in [0.1, 0.15) is 17.9 Å². The Kier molecular flexibility index (Phi) is 4.21. The highest BCUT2D eigenvalue weighted by Crippen LogP contribution is 2.33. The Morgan fingerprint density at radius 2 is 2.09 bits per heavy atom. The summed E-state index contributed by atoms with van der Waals surface area (Å²) >= 11 is 6.06. The first-order chi connectivity index (χ1) is 11.1. The number of nitrogens with one attached hydrogen (secondary N) is 2. The summed E-state index contributed by atoms with van der Waals surface area (Å²) in [4.78, 5) is 24.4. The van der Waals surface area contributed by atoms with Crippen molar-refractivity contribution in [2.75, 3.05) is 17.7 Å². The Hall–Kier alpha value is -2.53. The Bertz CT molecular complexity index is 776. The van der Waals surface area contributed by atoms with Crippen molar-refractivity contribution in [3.8, 4) is 5.75 Å². The molecular weight excluding hydrogens is 316 g/mol. The van der Waals surface area contributed by atoms with E-state index in [2.05, 4.69) is 10.6 Å². The lowest BCUT2D eigenvalue weighted by Gasteiger charge is -2.24. The number of carbonyl (C=O) groups is 2. The molecule has 118 valence electrons. The van der Waals surface area contributed by atoms with E-state index in [-0.39, 0.29) is 18.2 Å². The van der Waals surface area contributed by atoms with Gasteiger partial charge in [-0.2, -0.15) is 0 Å². The zero-order valence-corrected chi connectivity index (χ0v) is 13.2. The van der Waals surface area contributed by atoms with Crippen molar-refractivity contribution in [1.29, 1.82) is 0 Å². The molecule has 2 aromatic carbocycles. The number of fused-ring (bicyclic) bond motifs is 1. The number of amides is 2. The van der Waals surface area contributed by atoms with E-state index in [1.54, 1.807) is 24.3 Å². The van der Waals surface area contributed by atoms with Crippen molar-refractivity contribution in [3.63, 3.8) is 0 Å². The van der Waals surface area contributed by atoms with Crippen LogP contribution in [-0.2, 0) is 9.59 Å². The summed E-state index contributed by atoms with van der Waals surface area (Å²) in [5.41, 5.74) is 2.05. The SMILES string of the molecule is COc1ccc(NC(=O)C2CC(=O)Nc3ccccc32)cc1Cl. The number of rotatable bonds is 3. The van der Waals surface area contributed by atoms with E-state index in [4.69, 9.17) is 16.3 Å². The molecule has 1 atom stereocenters. The molecule has 6 heteroatoms. The van der Waals surface area contributed by atoms with Gasteiger partial charge in [0.15, 0.2) is 0 Å². The first-order valence-corrected chi connectivity index (χ1v) is 7.49. The van der Waals surface area contributed by atoms with Gasteiger partial charge in [-0.3, -0.25) is 9.59 Å². The van der Waals surface area contributed by atoms with E-state index in [0.717, 1.165) is 5.56 Å². The van der Waals surface area contributed by atoms with Crippen LogP contribution in [0.4, 0.5) is 11.4 Å². The number of halogens is 1. The van der Waals surface area contributed by atoms with Gasteiger partial charge in [0.1, 0.15) is 5.75 Å². The quantitative estimate of drug-likeness (QED) is 0.906. The molecule has 0 saturated carbocycles. The van der Waals surface area contributed by atoms with Crippen molar-refractivity contribution in [3.05, 3.63) is 53.1 Å². The predicted octanol–water partition coefficient (Wildman–Crippen LogP) is 3.41. The maximum atomic E-state index is 12.6. The Balaban J connectivity index is 1.84. The van der Waals surface area contributed by atoms with Crippen molar-refractivity contribution in [2.45, 2.75) is 12.3 Å². The minimum Gasteiger partial charge on any atom is -0.495 e. The first-order valence-electron chi connectivity index (χ1n) is 7.11. The highest BCUT2D eigenvalue weighted by Gasteiger charge is 2.30. The molecule has 1 heterocycles. The summed E-state index contributed by atoms with van der Waals surface area (Å²) in [5, 5.41) is 5.99. The fourth-order valence-corrected chi connectivity index (χ4v) is 2.88. The summed E-state index contributed by atoms with van der Waals surface area (Å²) in [6, 6.07) is 12.3. The largest absolute Gasteiger partial charge is 0.495 e. The molecule has 0 radical (unpaired) electrons. The Morgan fingerprint density at radius 1 is 1.30 bits per heavy atom. The zero-order valence-electron chi connectivity index (χ0n) is 12.4. The maximum absolute atomic E-state index is 12.6. The molecular formula is C17H15ClN2O3. The van der Waals surface area contributed by atoms with E-state index in [1.165, 1.54) is 7.11 Å². The number of anilines is 2. The van der Waals surface area contributed by atoms with Crippen LogP contribution in [0.5, 0.6) is 5.75 Å². The summed E-state index contributed by atoms with van der Waals surface area (Å²) in [6.07, 6.45) is 0.118. The summed E-state index contributed by atoms with van der Waals surface area (Å²) in [6.45, 7) is 0. The van der Waals surface area contributed by atoms with E-state index in [0.29, 0.717) is 22.1 Å². The van der Waals surface area contributed by atoms with E-state index >= 15 is 0 Å². The Labute approximate surface area is 138 Å². The molecule has 2 N–H and O–H groups in total. The molecule has 2 aromatic rings. The van der Waals surface area contributed by atoms with Crippen molar-refractivity contribution < 1.29 is 14.3 Å². The summed E-state index contributed by atoms with van der Waals surface area (Å²) in [7, 11) is 1.52. The molecule has 0 bridgehead atoms.